The number of nitrogens with one attached hydrogen (secondary N) is 2. The van der Waals surface area contributed by atoms with E-state index in [4.69, 9.17) is 9.73 Å². The Hall–Kier alpha value is -2.49. The number of nitrogens with zero attached hydrogens (tertiary/aromatic N) is 1. The van der Waals surface area contributed by atoms with Crippen molar-refractivity contribution in [2.24, 2.45) is 4.99 Å². The lowest BCUT2D eigenvalue weighted by Crippen LogP contribution is -1.96. The van der Waals surface area contributed by atoms with Crippen molar-refractivity contribution in [3.05, 3.63) is 65.6 Å². The highest BCUT2D eigenvalue weighted by Crippen LogP contribution is 2.25. The van der Waals surface area contributed by atoms with Crippen LogP contribution in [0.15, 0.2) is 59.2 Å². The van der Waals surface area contributed by atoms with E-state index in [0.29, 0.717) is 0 Å². The summed E-state index contributed by atoms with van der Waals surface area (Å²) in [5.74, 6) is 0.860. The minimum absolute atomic E-state index is 0.747. The average Bonchev–Trinajstić information content (AvgIpc) is 3.45. The zero-order chi connectivity index (χ0) is 19.4. The number of H-pyrrole nitrogens is 2. The predicted molar refractivity (Wildman–Crippen MR) is 117 cm³/mol. The smallest absolute Gasteiger partial charge is 0.147 e. The fourth-order valence-electron chi connectivity index (χ4n) is 3.44. The van der Waals surface area contributed by atoms with Crippen molar-refractivity contribution in [3.63, 3.8) is 0 Å². The lowest BCUT2D eigenvalue weighted by Gasteiger charge is -2.08. The van der Waals surface area contributed by atoms with Gasteiger partial charge in [-0.3, -0.25) is 0 Å². The van der Waals surface area contributed by atoms with E-state index in [2.05, 4.69) is 16.9 Å². The lowest BCUT2D eigenvalue weighted by atomic mass is 10.1. The second kappa shape index (κ2) is 11.4. The van der Waals surface area contributed by atoms with Gasteiger partial charge in [-0.1, -0.05) is 58.3 Å². The van der Waals surface area contributed by atoms with Gasteiger partial charge in [-0.05, 0) is 36.8 Å². The Bertz CT molecular complexity index is 767. The number of aromatic nitrogens is 2. The molecule has 3 rings (SSSR count). The molecule has 0 amide bonds. The minimum atomic E-state index is 0.747. The van der Waals surface area contributed by atoms with Gasteiger partial charge in [-0.25, -0.2) is 4.99 Å². The SMILES string of the molecule is CCCCCCCCCCCOC1=CC(c2ccc[nH]2)=NC1=Cc1ccc[nH]1. The molecule has 4 nitrogen and oxygen atoms in total. The summed E-state index contributed by atoms with van der Waals surface area (Å²) in [4.78, 5) is 11.2. The van der Waals surface area contributed by atoms with Crippen LogP contribution in [-0.4, -0.2) is 22.3 Å². The van der Waals surface area contributed by atoms with Crippen molar-refractivity contribution in [2.75, 3.05) is 6.61 Å². The second-order valence-corrected chi connectivity index (χ2v) is 7.42. The molecule has 1 aliphatic rings. The van der Waals surface area contributed by atoms with Crippen molar-refractivity contribution in [3.8, 4) is 0 Å². The third kappa shape index (κ3) is 6.29. The maximum absolute atomic E-state index is 6.10. The van der Waals surface area contributed by atoms with Crippen LogP contribution in [0.25, 0.3) is 6.08 Å². The Balaban J connectivity index is 1.44. The summed E-state index contributed by atoms with van der Waals surface area (Å²) in [6.07, 6.45) is 19.8. The topological polar surface area (TPSA) is 53.2 Å². The molecule has 0 atom stereocenters. The van der Waals surface area contributed by atoms with Gasteiger partial charge in [0.25, 0.3) is 0 Å². The van der Waals surface area contributed by atoms with E-state index >= 15 is 0 Å². The van der Waals surface area contributed by atoms with Crippen LogP contribution in [0.4, 0.5) is 0 Å². The van der Waals surface area contributed by atoms with Crippen molar-refractivity contribution in [1.82, 2.24) is 9.97 Å². The van der Waals surface area contributed by atoms with Crippen LogP contribution in [0, 0.1) is 0 Å². The molecule has 0 bridgehead atoms. The molecule has 0 unspecified atom stereocenters. The molecule has 2 aromatic heterocycles. The molecule has 3 heterocycles. The highest BCUT2D eigenvalue weighted by molar-refractivity contribution is 6.11. The average molecular weight is 380 g/mol. The summed E-state index contributed by atoms with van der Waals surface area (Å²) in [7, 11) is 0. The van der Waals surface area contributed by atoms with Crippen molar-refractivity contribution in [2.45, 2.75) is 64.7 Å². The monoisotopic (exact) mass is 379 g/mol. The van der Waals surface area contributed by atoms with E-state index in [1.54, 1.807) is 0 Å². The van der Waals surface area contributed by atoms with Gasteiger partial charge in [-0.15, -0.1) is 0 Å². The third-order valence-corrected chi connectivity index (χ3v) is 5.05. The van der Waals surface area contributed by atoms with E-state index in [1.807, 2.05) is 48.8 Å². The molecule has 0 fully saturated rings. The molecule has 28 heavy (non-hydrogen) atoms. The highest BCUT2D eigenvalue weighted by atomic mass is 16.5. The fraction of sp³-hybridized carbons (Fsp3) is 0.458. The number of aromatic amines is 2. The molecule has 4 heteroatoms. The van der Waals surface area contributed by atoms with Gasteiger partial charge < -0.3 is 14.7 Å². The van der Waals surface area contributed by atoms with E-state index in [1.165, 1.54) is 51.4 Å². The maximum Gasteiger partial charge on any atom is 0.147 e. The first-order valence-corrected chi connectivity index (χ1v) is 10.8. The van der Waals surface area contributed by atoms with Crippen LogP contribution < -0.4 is 0 Å². The zero-order valence-corrected chi connectivity index (χ0v) is 17.0. The Labute approximate surface area is 168 Å². The largest absolute Gasteiger partial charge is 0.491 e. The van der Waals surface area contributed by atoms with Crippen LogP contribution in [0.2, 0.25) is 0 Å². The van der Waals surface area contributed by atoms with Crippen LogP contribution in [0.5, 0.6) is 0 Å². The second-order valence-electron chi connectivity index (χ2n) is 7.42. The van der Waals surface area contributed by atoms with E-state index in [0.717, 1.165) is 41.6 Å². The molecule has 1 aliphatic heterocycles. The standard InChI is InChI=1S/C24H33N3O/c1-2-3-4-5-6-7-8-9-10-17-28-24-19-22(21-14-12-16-26-21)27-23(24)18-20-13-11-15-25-20/h11-16,18-19,25-26H,2-10,17H2,1H3. The molecule has 0 aliphatic carbocycles. The summed E-state index contributed by atoms with van der Waals surface area (Å²) in [6, 6.07) is 8.04. The van der Waals surface area contributed by atoms with Crippen molar-refractivity contribution in [1.29, 1.82) is 0 Å². The zero-order valence-electron chi connectivity index (χ0n) is 17.0. The van der Waals surface area contributed by atoms with Gasteiger partial charge in [0.15, 0.2) is 0 Å². The lowest BCUT2D eigenvalue weighted by molar-refractivity contribution is 0.214. The van der Waals surface area contributed by atoms with Crippen LogP contribution in [-0.2, 0) is 4.74 Å². The van der Waals surface area contributed by atoms with Gasteiger partial charge in [-0.2, -0.15) is 0 Å². The first-order chi connectivity index (χ1) is 13.9. The molecular formula is C24H33N3O. The number of hydrogen-bond donors (Lipinski definition) is 2. The molecule has 2 aromatic rings. The number of allylic oxidation sites excluding steroid dienone is 1. The Morgan fingerprint density at radius 2 is 1.61 bits per heavy atom. The van der Waals surface area contributed by atoms with Gasteiger partial charge in [0.2, 0.25) is 0 Å². The normalized spacial score (nSPS) is 15.1. The van der Waals surface area contributed by atoms with Crippen LogP contribution in [0.1, 0.15) is 76.1 Å². The first kappa shape index (κ1) is 20.2. The Morgan fingerprint density at radius 1 is 0.893 bits per heavy atom. The molecule has 0 saturated heterocycles. The number of unbranched alkanes of at least 4 members (excludes halogenated alkanes) is 8. The predicted octanol–water partition coefficient (Wildman–Crippen LogP) is 6.62. The van der Waals surface area contributed by atoms with Gasteiger partial charge in [0, 0.05) is 24.2 Å². The van der Waals surface area contributed by atoms with Crippen LogP contribution >= 0.6 is 0 Å². The summed E-state index contributed by atoms with van der Waals surface area (Å²) >= 11 is 0. The number of ether oxygens (including phenoxy) is 1. The third-order valence-electron chi connectivity index (χ3n) is 5.05. The maximum atomic E-state index is 6.10. The summed E-state index contributed by atoms with van der Waals surface area (Å²) in [6.45, 7) is 3.02. The van der Waals surface area contributed by atoms with E-state index < -0.39 is 0 Å². The molecular weight excluding hydrogens is 346 g/mol. The molecule has 0 spiro atoms. The van der Waals surface area contributed by atoms with E-state index in [9.17, 15) is 0 Å². The minimum Gasteiger partial charge on any atom is -0.491 e. The summed E-state index contributed by atoms with van der Waals surface area (Å²) in [5.41, 5.74) is 3.84. The van der Waals surface area contributed by atoms with Crippen LogP contribution in [0.3, 0.4) is 0 Å². The van der Waals surface area contributed by atoms with Crippen molar-refractivity contribution < 1.29 is 4.74 Å². The van der Waals surface area contributed by atoms with Crippen molar-refractivity contribution >= 4 is 11.8 Å². The molecule has 2 N–H and O–H groups in total. The number of rotatable bonds is 13. The number of hydrogen-bond acceptors (Lipinski definition) is 2. The molecule has 0 radical (unpaired) electrons. The van der Waals surface area contributed by atoms with Gasteiger partial charge in [0.1, 0.15) is 11.5 Å². The fourth-order valence-corrected chi connectivity index (χ4v) is 3.44. The molecule has 150 valence electrons. The summed E-state index contributed by atoms with van der Waals surface area (Å²) in [5, 5.41) is 0. The van der Waals surface area contributed by atoms with Gasteiger partial charge >= 0.3 is 0 Å². The Morgan fingerprint density at radius 3 is 2.29 bits per heavy atom. The highest BCUT2D eigenvalue weighted by Gasteiger charge is 2.17. The van der Waals surface area contributed by atoms with E-state index in [-0.39, 0.29) is 0 Å². The van der Waals surface area contributed by atoms with Gasteiger partial charge in [0.05, 0.1) is 18.0 Å². The number of aliphatic imine (C=N–C) groups is 1. The first-order valence-electron chi connectivity index (χ1n) is 10.8. The molecule has 0 aromatic carbocycles. The summed E-state index contributed by atoms with van der Waals surface area (Å²) < 4.78 is 6.10. The molecule has 0 saturated carbocycles. The quantitative estimate of drug-likeness (QED) is 0.378. The Kier molecular flexibility index (Phi) is 8.23.